The van der Waals surface area contributed by atoms with Gasteiger partial charge >= 0.3 is 0 Å². The average Bonchev–Trinajstić information content (AvgIpc) is 1.63. The van der Waals surface area contributed by atoms with E-state index in [1.54, 1.807) is 7.11 Å². The molecular weight excluding hydrogens is 140 g/mol. The molecule has 0 fully saturated rings. The molecule has 4 heteroatoms. The first kappa shape index (κ1) is 9.07. The molecule has 0 radical (unpaired) electrons. The maximum absolute atomic E-state index is 10.1. The molecule has 0 aliphatic carbocycles. The molecule has 0 aromatic rings. The van der Waals surface area contributed by atoms with Gasteiger partial charge in [0.1, 0.15) is 0 Å². The van der Waals surface area contributed by atoms with Gasteiger partial charge in [0, 0.05) is 13.7 Å². The van der Waals surface area contributed by atoms with Crippen molar-refractivity contribution in [3.8, 4) is 0 Å². The van der Waals surface area contributed by atoms with Crippen molar-refractivity contribution >= 4 is 11.1 Å². The topological polar surface area (TPSA) is 46.5 Å². The maximum atomic E-state index is 10.1. The number of ether oxygens (including phenoxy) is 1. The number of hydrogen-bond donors (Lipinski definition) is 1. The first-order chi connectivity index (χ1) is 4.16. The average molecular weight is 152 g/mol. The summed E-state index contributed by atoms with van der Waals surface area (Å²) in [6, 6.07) is 0. The summed E-state index contributed by atoms with van der Waals surface area (Å²) in [4.78, 5) is 0. The Balaban J connectivity index is 3.26. The molecule has 0 aliphatic rings. The zero-order chi connectivity index (χ0) is 7.28. The van der Waals surface area contributed by atoms with Crippen LogP contribution in [0.1, 0.15) is 6.92 Å². The van der Waals surface area contributed by atoms with Gasteiger partial charge in [0.2, 0.25) is 0 Å². The van der Waals surface area contributed by atoms with Gasteiger partial charge in [-0.1, -0.05) is 6.92 Å². The summed E-state index contributed by atoms with van der Waals surface area (Å²) in [6.45, 7) is 2.42. The van der Waals surface area contributed by atoms with Crippen LogP contribution < -0.4 is 0 Å². The number of methoxy groups -OCH3 is 1. The summed E-state index contributed by atoms with van der Waals surface area (Å²) in [5.74, 6) is 0.467. The normalized spacial score (nSPS) is 17.2. The Morgan fingerprint density at radius 1 is 1.78 bits per heavy atom. The largest absolute Gasteiger partial charge is 0.384 e. The fraction of sp³-hybridized carbons (Fsp3) is 1.00. The van der Waals surface area contributed by atoms with E-state index in [1.165, 1.54) is 0 Å². The van der Waals surface area contributed by atoms with Crippen LogP contribution in [-0.4, -0.2) is 28.2 Å². The molecule has 0 aromatic carbocycles. The molecule has 2 unspecified atom stereocenters. The van der Waals surface area contributed by atoms with Crippen molar-refractivity contribution in [3.05, 3.63) is 0 Å². The zero-order valence-electron chi connectivity index (χ0n) is 5.66. The highest BCUT2D eigenvalue weighted by atomic mass is 32.2. The molecule has 3 nitrogen and oxygen atoms in total. The fourth-order valence-electron chi connectivity index (χ4n) is 0.576. The third-order valence-electron chi connectivity index (χ3n) is 0.878. The van der Waals surface area contributed by atoms with E-state index < -0.39 is 11.1 Å². The van der Waals surface area contributed by atoms with Gasteiger partial charge in [-0.3, -0.25) is 0 Å². The lowest BCUT2D eigenvalue weighted by atomic mass is 10.2. The van der Waals surface area contributed by atoms with E-state index in [9.17, 15) is 4.21 Å². The quantitative estimate of drug-likeness (QED) is 0.596. The van der Waals surface area contributed by atoms with Crippen molar-refractivity contribution in [2.45, 2.75) is 6.92 Å². The van der Waals surface area contributed by atoms with E-state index in [4.69, 9.17) is 9.29 Å². The third kappa shape index (κ3) is 5.95. The molecule has 56 valence electrons. The van der Waals surface area contributed by atoms with Crippen molar-refractivity contribution < 1.29 is 13.5 Å². The molecule has 9 heavy (non-hydrogen) atoms. The lowest BCUT2D eigenvalue weighted by molar-refractivity contribution is 0.167. The molecule has 0 amide bonds. The SMILES string of the molecule is COCC(C)CS(=O)O. The highest BCUT2D eigenvalue weighted by Crippen LogP contribution is 1.95. The lowest BCUT2D eigenvalue weighted by Crippen LogP contribution is -2.12. The van der Waals surface area contributed by atoms with Gasteiger partial charge in [0.05, 0.1) is 5.75 Å². The predicted molar refractivity (Wildman–Crippen MR) is 36.7 cm³/mol. The molecule has 0 bridgehead atoms. The smallest absolute Gasteiger partial charge is 0.153 e. The van der Waals surface area contributed by atoms with Crippen LogP contribution in [0.4, 0.5) is 0 Å². The summed E-state index contributed by atoms with van der Waals surface area (Å²) in [5, 5.41) is 0. The minimum absolute atomic E-state index is 0.167. The molecule has 0 spiro atoms. The molecule has 0 aromatic heterocycles. The van der Waals surface area contributed by atoms with Gasteiger partial charge < -0.3 is 9.29 Å². The van der Waals surface area contributed by atoms with E-state index in [2.05, 4.69) is 0 Å². The Bertz CT molecular complexity index is 94.2. The van der Waals surface area contributed by atoms with Crippen molar-refractivity contribution in [2.24, 2.45) is 5.92 Å². The van der Waals surface area contributed by atoms with E-state index >= 15 is 0 Å². The summed E-state index contributed by atoms with van der Waals surface area (Å²) < 4.78 is 23.3. The minimum Gasteiger partial charge on any atom is -0.384 e. The molecule has 2 atom stereocenters. The summed E-state index contributed by atoms with van der Waals surface area (Å²) in [5.41, 5.74) is 0. The zero-order valence-corrected chi connectivity index (χ0v) is 6.48. The first-order valence-electron chi connectivity index (χ1n) is 2.73. The highest BCUT2D eigenvalue weighted by molar-refractivity contribution is 7.79. The summed E-state index contributed by atoms with van der Waals surface area (Å²) in [6.07, 6.45) is 0. The van der Waals surface area contributed by atoms with Crippen LogP contribution in [0.5, 0.6) is 0 Å². The van der Waals surface area contributed by atoms with Crippen LogP contribution >= 0.6 is 0 Å². The van der Waals surface area contributed by atoms with Gasteiger partial charge in [0.15, 0.2) is 11.1 Å². The standard InChI is InChI=1S/C5H12O3S/c1-5(3-8-2)4-9(6)7/h5H,3-4H2,1-2H3,(H,6,7). The van der Waals surface area contributed by atoms with Crippen LogP contribution in [0, 0.1) is 5.92 Å². The molecule has 1 N–H and O–H groups in total. The van der Waals surface area contributed by atoms with Gasteiger partial charge in [-0.15, -0.1) is 0 Å². The first-order valence-corrected chi connectivity index (χ1v) is 4.00. The second-order valence-corrected chi connectivity index (χ2v) is 3.02. The van der Waals surface area contributed by atoms with Crippen LogP contribution in [0.25, 0.3) is 0 Å². The highest BCUT2D eigenvalue weighted by Gasteiger charge is 2.03. The van der Waals surface area contributed by atoms with Gasteiger partial charge in [0.25, 0.3) is 0 Å². The molecule has 0 rings (SSSR count). The number of hydrogen-bond acceptors (Lipinski definition) is 2. The second-order valence-electron chi connectivity index (χ2n) is 2.05. The Morgan fingerprint density at radius 2 is 2.33 bits per heavy atom. The third-order valence-corrected chi connectivity index (χ3v) is 1.73. The molecule has 0 aliphatic heterocycles. The maximum Gasteiger partial charge on any atom is 0.153 e. The van der Waals surface area contributed by atoms with Crippen molar-refractivity contribution in [2.75, 3.05) is 19.5 Å². The van der Waals surface area contributed by atoms with Crippen LogP contribution in [0.3, 0.4) is 0 Å². The Labute approximate surface area is 57.7 Å². The lowest BCUT2D eigenvalue weighted by Gasteiger charge is -2.05. The number of rotatable bonds is 4. The van der Waals surface area contributed by atoms with Gasteiger partial charge in [-0.2, -0.15) is 0 Å². The second kappa shape index (κ2) is 4.90. The monoisotopic (exact) mass is 152 g/mol. The van der Waals surface area contributed by atoms with Crippen molar-refractivity contribution in [3.63, 3.8) is 0 Å². The van der Waals surface area contributed by atoms with Crippen LogP contribution in [0.15, 0.2) is 0 Å². The van der Waals surface area contributed by atoms with E-state index in [0.717, 1.165) is 0 Å². The fourth-order valence-corrected chi connectivity index (χ4v) is 1.16. The van der Waals surface area contributed by atoms with E-state index in [-0.39, 0.29) is 5.92 Å². The molecular formula is C5H12O3S. The van der Waals surface area contributed by atoms with Crippen molar-refractivity contribution in [1.82, 2.24) is 0 Å². The Hall–Kier alpha value is 0.0700. The van der Waals surface area contributed by atoms with Gasteiger partial charge in [-0.05, 0) is 5.92 Å². The Kier molecular flexibility index (Phi) is 4.94. The van der Waals surface area contributed by atoms with E-state index in [0.29, 0.717) is 12.4 Å². The van der Waals surface area contributed by atoms with Crippen LogP contribution in [0.2, 0.25) is 0 Å². The minimum atomic E-state index is -1.68. The van der Waals surface area contributed by atoms with Gasteiger partial charge in [-0.25, -0.2) is 4.21 Å². The summed E-state index contributed by atoms with van der Waals surface area (Å²) >= 11 is -1.68. The van der Waals surface area contributed by atoms with Crippen molar-refractivity contribution in [1.29, 1.82) is 0 Å². The molecule has 0 saturated carbocycles. The van der Waals surface area contributed by atoms with E-state index in [1.807, 2.05) is 6.92 Å². The molecule has 0 heterocycles. The summed E-state index contributed by atoms with van der Waals surface area (Å²) in [7, 11) is 1.58. The molecule has 0 saturated heterocycles. The Morgan fingerprint density at radius 3 is 2.67 bits per heavy atom. The van der Waals surface area contributed by atoms with Crippen LogP contribution in [-0.2, 0) is 15.8 Å². The predicted octanol–water partition coefficient (Wildman–Crippen LogP) is 0.491.